The highest BCUT2D eigenvalue weighted by Crippen LogP contribution is 2.31. The molecule has 1 aliphatic rings. The first kappa shape index (κ1) is 14.7. The SMILES string of the molecule is CCOc1ccc(-c2noc(-c3c[nH]c4c3C(=O)CCC4)n2)cc1. The van der Waals surface area contributed by atoms with Crippen molar-refractivity contribution in [2.45, 2.75) is 26.2 Å². The van der Waals surface area contributed by atoms with Crippen LogP contribution < -0.4 is 4.74 Å². The highest BCUT2D eigenvalue weighted by molar-refractivity contribution is 6.03. The van der Waals surface area contributed by atoms with Crippen LogP contribution in [0.4, 0.5) is 0 Å². The van der Waals surface area contributed by atoms with Crippen LogP contribution in [0.1, 0.15) is 35.8 Å². The Labute approximate surface area is 138 Å². The number of benzene rings is 1. The molecule has 0 bridgehead atoms. The van der Waals surface area contributed by atoms with Crippen molar-refractivity contribution in [1.82, 2.24) is 15.1 Å². The van der Waals surface area contributed by atoms with Gasteiger partial charge in [-0.2, -0.15) is 4.98 Å². The van der Waals surface area contributed by atoms with Gasteiger partial charge in [-0.05, 0) is 44.0 Å². The second-order valence-electron chi connectivity index (χ2n) is 5.71. The fourth-order valence-electron chi connectivity index (χ4n) is 3.02. The normalized spacial score (nSPS) is 13.8. The smallest absolute Gasteiger partial charge is 0.260 e. The summed E-state index contributed by atoms with van der Waals surface area (Å²) >= 11 is 0. The summed E-state index contributed by atoms with van der Waals surface area (Å²) in [5, 5.41) is 4.04. The van der Waals surface area contributed by atoms with Gasteiger partial charge < -0.3 is 14.2 Å². The summed E-state index contributed by atoms with van der Waals surface area (Å²) in [5.74, 6) is 1.79. The van der Waals surface area contributed by atoms with Crippen molar-refractivity contribution in [1.29, 1.82) is 0 Å². The molecule has 2 aromatic heterocycles. The maximum atomic E-state index is 12.2. The fourth-order valence-corrected chi connectivity index (χ4v) is 3.02. The maximum Gasteiger partial charge on any atom is 0.260 e. The summed E-state index contributed by atoms with van der Waals surface area (Å²) in [4.78, 5) is 19.8. The lowest BCUT2D eigenvalue weighted by Crippen LogP contribution is -2.10. The Morgan fingerprint density at radius 3 is 2.88 bits per heavy atom. The molecule has 0 unspecified atom stereocenters. The van der Waals surface area contributed by atoms with Crippen molar-refractivity contribution in [2.75, 3.05) is 6.61 Å². The number of Topliss-reactive ketones (excluding diaryl/α,β-unsaturated/α-hetero) is 1. The van der Waals surface area contributed by atoms with E-state index in [-0.39, 0.29) is 5.78 Å². The Morgan fingerprint density at radius 1 is 1.25 bits per heavy atom. The monoisotopic (exact) mass is 323 g/mol. The standard InChI is InChI=1S/C18H17N3O3/c1-2-23-12-8-6-11(7-9-12)17-20-18(24-21-17)13-10-19-14-4-3-5-15(22)16(13)14/h6-10,19H,2-5H2,1H3. The average molecular weight is 323 g/mol. The minimum absolute atomic E-state index is 0.133. The van der Waals surface area contributed by atoms with Crippen LogP contribution in [0.25, 0.3) is 22.8 Å². The van der Waals surface area contributed by atoms with E-state index in [9.17, 15) is 4.79 Å². The van der Waals surface area contributed by atoms with Gasteiger partial charge in [-0.3, -0.25) is 4.79 Å². The Balaban J connectivity index is 1.66. The molecule has 0 saturated carbocycles. The minimum atomic E-state index is 0.133. The Bertz CT molecular complexity index is 877. The molecule has 1 N–H and O–H groups in total. The molecule has 24 heavy (non-hydrogen) atoms. The average Bonchev–Trinajstić information content (AvgIpc) is 3.23. The molecule has 0 spiro atoms. The van der Waals surface area contributed by atoms with E-state index in [4.69, 9.17) is 9.26 Å². The molecule has 0 fully saturated rings. The van der Waals surface area contributed by atoms with Crippen LogP contribution >= 0.6 is 0 Å². The molecule has 3 aromatic rings. The Kier molecular flexibility index (Phi) is 3.65. The van der Waals surface area contributed by atoms with Gasteiger partial charge in [0, 0.05) is 23.9 Å². The number of nitrogens with one attached hydrogen (secondary N) is 1. The number of carbonyl (C=O) groups excluding carboxylic acids is 1. The van der Waals surface area contributed by atoms with E-state index in [2.05, 4.69) is 15.1 Å². The molecule has 6 heteroatoms. The number of H-pyrrole nitrogens is 1. The molecule has 4 rings (SSSR count). The third-order valence-electron chi connectivity index (χ3n) is 4.15. The lowest BCUT2D eigenvalue weighted by atomic mass is 9.94. The molecule has 0 atom stereocenters. The van der Waals surface area contributed by atoms with Gasteiger partial charge in [-0.1, -0.05) is 5.16 Å². The van der Waals surface area contributed by atoms with Crippen molar-refractivity contribution >= 4 is 5.78 Å². The molecule has 1 aromatic carbocycles. The Morgan fingerprint density at radius 2 is 2.08 bits per heavy atom. The van der Waals surface area contributed by atoms with Crippen LogP contribution in [0.3, 0.4) is 0 Å². The van der Waals surface area contributed by atoms with E-state index in [1.165, 1.54) is 0 Å². The van der Waals surface area contributed by atoms with Gasteiger partial charge >= 0.3 is 0 Å². The van der Waals surface area contributed by atoms with Gasteiger partial charge in [-0.25, -0.2) is 0 Å². The largest absolute Gasteiger partial charge is 0.494 e. The predicted molar refractivity (Wildman–Crippen MR) is 88.0 cm³/mol. The topological polar surface area (TPSA) is 81.0 Å². The van der Waals surface area contributed by atoms with Crippen LogP contribution in [0.2, 0.25) is 0 Å². The molecule has 122 valence electrons. The number of aromatic nitrogens is 3. The zero-order valence-electron chi connectivity index (χ0n) is 13.3. The van der Waals surface area contributed by atoms with Crippen LogP contribution in [0.15, 0.2) is 35.0 Å². The minimum Gasteiger partial charge on any atom is -0.494 e. The number of hydrogen-bond acceptors (Lipinski definition) is 5. The molecule has 0 saturated heterocycles. The van der Waals surface area contributed by atoms with Gasteiger partial charge in [-0.15, -0.1) is 0 Å². The van der Waals surface area contributed by atoms with Crippen LogP contribution in [-0.2, 0) is 6.42 Å². The number of ether oxygens (including phenoxy) is 1. The van der Waals surface area contributed by atoms with Gasteiger partial charge in [0.25, 0.3) is 5.89 Å². The van der Waals surface area contributed by atoms with Crippen LogP contribution in [0, 0.1) is 0 Å². The van der Waals surface area contributed by atoms with E-state index in [0.29, 0.717) is 35.9 Å². The number of hydrogen-bond donors (Lipinski definition) is 1. The summed E-state index contributed by atoms with van der Waals surface area (Å²) < 4.78 is 10.8. The fraction of sp³-hybridized carbons (Fsp3) is 0.278. The van der Waals surface area contributed by atoms with Gasteiger partial charge in [0.1, 0.15) is 5.75 Å². The van der Waals surface area contributed by atoms with E-state index >= 15 is 0 Å². The third-order valence-corrected chi connectivity index (χ3v) is 4.15. The highest BCUT2D eigenvalue weighted by atomic mass is 16.5. The van der Waals surface area contributed by atoms with Crippen LogP contribution in [0.5, 0.6) is 5.75 Å². The summed E-state index contributed by atoms with van der Waals surface area (Å²) in [7, 11) is 0. The van der Waals surface area contributed by atoms with Crippen molar-refractivity contribution < 1.29 is 14.1 Å². The molecule has 0 radical (unpaired) electrons. The number of carbonyl (C=O) groups is 1. The lowest BCUT2D eigenvalue weighted by molar-refractivity contribution is 0.0973. The first-order valence-electron chi connectivity index (χ1n) is 8.07. The second kappa shape index (κ2) is 5.96. The van der Waals surface area contributed by atoms with Crippen molar-refractivity contribution in [3.63, 3.8) is 0 Å². The summed E-state index contributed by atoms with van der Waals surface area (Å²) in [5.41, 5.74) is 3.19. The molecule has 0 amide bonds. The first-order chi connectivity index (χ1) is 11.8. The zero-order chi connectivity index (χ0) is 16.5. The maximum absolute atomic E-state index is 12.2. The number of rotatable bonds is 4. The van der Waals surface area contributed by atoms with Crippen LogP contribution in [-0.4, -0.2) is 27.5 Å². The quantitative estimate of drug-likeness (QED) is 0.792. The summed E-state index contributed by atoms with van der Waals surface area (Å²) in [6.45, 7) is 2.57. The Hall–Kier alpha value is -2.89. The van der Waals surface area contributed by atoms with Gasteiger partial charge in [0.15, 0.2) is 5.78 Å². The van der Waals surface area contributed by atoms with Crippen molar-refractivity contribution in [3.8, 4) is 28.6 Å². The first-order valence-corrected chi connectivity index (χ1v) is 8.07. The molecule has 2 heterocycles. The number of ketones is 1. The zero-order valence-corrected chi connectivity index (χ0v) is 13.3. The lowest BCUT2D eigenvalue weighted by Gasteiger charge is -2.10. The highest BCUT2D eigenvalue weighted by Gasteiger charge is 2.26. The molecule has 0 aliphatic heterocycles. The number of aromatic amines is 1. The van der Waals surface area contributed by atoms with E-state index < -0.39 is 0 Å². The van der Waals surface area contributed by atoms with E-state index in [1.807, 2.05) is 31.2 Å². The van der Waals surface area contributed by atoms with E-state index in [0.717, 1.165) is 29.8 Å². The van der Waals surface area contributed by atoms with E-state index in [1.54, 1.807) is 6.20 Å². The second-order valence-corrected chi connectivity index (χ2v) is 5.71. The molecular formula is C18H17N3O3. The summed E-state index contributed by atoms with van der Waals surface area (Å²) in [6.07, 6.45) is 4.11. The third kappa shape index (κ3) is 2.50. The van der Waals surface area contributed by atoms with Crippen molar-refractivity contribution in [2.24, 2.45) is 0 Å². The van der Waals surface area contributed by atoms with Crippen molar-refractivity contribution in [3.05, 3.63) is 41.7 Å². The number of fused-ring (bicyclic) bond motifs is 1. The molecule has 6 nitrogen and oxygen atoms in total. The summed E-state index contributed by atoms with van der Waals surface area (Å²) in [6, 6.07) is 7.52. The molecule has 1 aliphatic carbocycles. The number of nitrogens with zero attached hydrogens (tertiary/aromatic N) is 2. The predicted octanol–water partition coefficient (Wildman–Crippen LogP) is 3.65. The van der Waals surface area contributed by atoms with Gasteiger partial charge in [0.05, 0.1) is 17.7 Å². The number of aryl methyl sites for hydroxylation is 1. The molecular weight excluding hydrogens is 306 g/mol. The van der Waals surface area contributed by atoms with Gasteiger partial charge in [0.2, 0.25) is 5.82 Å².